The molecule has 1 saturated heterocycles. The van der Waals surface area contributed by atoms with E-state index in [4.69, 9.17) is 9.47 Å². The van der Waals surface area contributed by atoms with Crippen LogP contribution in [-0.2, 0) is 20.8 Å². The van der Waals surface area contributed by atoms with Gasteiger partial charge in [-0.2, -0.15) is 0 Å². The predicted octanol–water partition coefficient (Wildman–Crippen LogP) is 2.86. The number of aromatic nitrogens is 2. The van der Waals surface area contributed by atoms with Gasteiger partial charge in [0.2, 0.25) is 0 Å². The molecule has 0 aromatic carbocycles. The van der Waals surface area contributed by atoms with E-state index in [1.54, 1.807) is 19.4 Å². The number of hydrogen-bond donors (Lipinski definition) is 1. The Morgan fingerprint density at radius 1 is 1.14 bits per heavy atom. The van der Waals surface area contributed by atoms with Crippen molar-refractivity contribution in [3.63, 3.8) is 0 Å². The summed E-state index contributed by atoms with van der Waals surface area (Å²) < 4.78 is 12.1. The lowest BCUT2D eigenvalue weighted by Crippen LogP contribution is -2.50. The minimum atomic E-state index is -0.370. The molecular formula is C19H31Cl2N3O4. The van der Waals surface area contributed by atoms with Gasteiger partial charge < -0.3 is 19.4 Å². The Morgan fingerprint density at radius 3 is 2.61 bits per heavy atom. The molecule has 1 aromatic rings. The topological polar surface area (TPSA) is 82.5 Å². The number of rotatable bonds is 6. The van der Waals surface area contributed by atoms with E-state index in [0.29, 0.717) is 36.7 Å². The van der Waals surface area contributed by atoms with Crippen molar-refractivity contribution in [3.8, 4) is 0 Å². The van der Waals surface area contributed by atoms with Crippen molar-refractivity contribution in [1.29, 1.82) is 0 Å². The molecule has 1 aliphatic heterocycles. The van der Waals surface area contributed by atoms with Crippen molar-refractivity contribution in [2.45, 2.75) is 52.1 Å². The highest BCUT2D eigenvalue weighted by Crippen LogP contribution is 2.39. The highest BCUT2D eigenvalue weighted by atomic mass is 35.5. The lowest BCUT2D eigenvalue weighted by atomic mass is 9.69. The molecule has 160 valence electrons. The first-order chi connectivity index (χ1) is 12.6. The van der Waals surface area contributed by atoms with Gasteiger partial charge in [0.05, 0.1) is 19.5 Å². The Kier molecular flexibility index (Phi) is 10.3. The summed E-state index contributed by atoms with van der Waals surface area (Å²) in [6.45, 7) is 6.17. The fraction of sp³-hybridized carbons (Fsp3) is 0.737. The third kappa shape index (κ3) is 6.09. The molecule has 1 aliphatic carbocycles. The smallest absolute Gasteiger partial charge is 0.358 e. The summed E-state index contributed by atoms with van der Waals surface area (Å²) in [5.74, 6) is 1.25. The molecule has 0 amide bonds. The number of nitrogens with one attached hydrogen (secondary N) is 1. The summed E-state index contributed by atoms with van der Waals surface area (Å²) in [4.78, 5) is 27.9. The number of esters is 2. The first-order valence-electron chi connectivity index (χ1n) is 9.69. The van der Waals surface area contributed by atoms with E-state index in [0.717, 1.165) is 25.9 Å². The summed E-state index contributed by atoms with van der Waals surface area (Å²) >= 11 is 0. The van der Waals surface area contributed by atoms with E-state index >= 15 is 0 Å². The van der Waals surface area contributed by atoms with E-state index in [-0.39, 0.29) is 42.8 Å². The summed E-state index contributed by atoms with van der Waals surface area (Å²) in [6, 6.07) is -0.168. The normalized spacial score (nSPS) is 26.2. The van der Waals surface area contributed by atoms with Crippen LogP contribution in [0.25, 0.3) is 0 Å². The van der Waals surface area contributed by atoms with Crippen LogP contribution in [0.2, 0.25) is 0 Å². The third-order valence-electron chi connectivity index (χ3n) is 5.57. The average molecular weight is 436 g/mol. The molecule has 1 saturated carbocycles. The molecule has 3 rings (SSSR count). The zero-order valence-electron chi connectivity index (χ0n) is 16.5. The van der Waals surface area contributed by atoms with Crippen LogP contribution in [0, 0.1) is 17.8 Å². The number of nitrogens with zero attached hydrogens (tertiary/aromatic N) is 2. The Labute approximate surface area is 178 Å². The molecular weight excluding hydrogens is 405 g/mol. The molecule has 28 heavy (non-hydrogen) atoms. The molecule has 2 heterocycles. The predicted molar refractivity (Wildman–Crippen MR) is 110 cm³/mol. The van der Waals surface area contributed by atoms with Crippen LogP contribution in [-0.4, -0.2) is 47.3 Å². The van der Waals surface area contributed by atoms with Crippen molar-refractivity contribution >= 4 is 36.8 Å². The number of hydrogen-bond acceptors (Lipinski definition) is 6. The highest BCUT2D eigenvalue weighted by molar-refractivity contribution is 5.86. The maximum Gasteiger partial charge on any atom is 0.358 e. The van der Waals surface area contributed by atoms with Gasteiger partial charge in [0.15, 0.2) is 5.69 Å². The SMILES string of the molecule is CCOC(=O)c1cn(CC2CCC3CN[C@H](C(=O)OCC)CC3C2)cn1.Cl.Cl. The van der Waals surface area contributed by atoms with Gasteiger partial charge in [-0.1, -0.05) is 0 Å². The zero-order chi connectivity index (χ0) is 18.5. The molecule has 1 aromatic heterocycles. The molecule has 4 atom stereocenters. The lowest BCUT2D eigenvalue weighted by molar-refractivity contribution is -0.147. The van der Waals surface area contributed by atoms with E-state index < -0.39 is 0 Å². The Balaban J connectivity index is 0.00000196. The molecule has 9 heteroatoms. The van der Waals surface area contributed by atoms with Gasteiger partial charge in [-0.15, -0.1) is 24.8 Å². The largest absolute Gasteiger partial charge is 0.465 e. The second-order valence-electron chi connectivity index (χ2n) is 7.32. The van der Waals surface area contributed by atoms with Crippen molar-refractivity contribution in [2.24, 2.45) is 17.8 Å². The molecule has 1 N–H and O–H groups in total. The van der Waals surface area contributed by atoms with E-state index in [1.165, 1.54) is 12.8 Å². The second-order valence-corrected chi connectivity index (χ2v) is 7.32. The maximum absolute atomic E-state index is 12.0. The average Bonchev–Trinajstić information content (AvgIpc) is 3.10. The highest BCUT2D eigenvalue weighted by Gasteiger charge is 2.38. The standard InChI is InChI=1S/C19H29N3O4.2ClH/c1-3-25-18(23)16-8-15-7-13(5-6-14(15)9-20-16)10-22-11-17(21-12-22)19(24)26-4-2;;/h11-16,20H,3-10H2,1-2H3;2*1H/t13?,14?,15?,16-;;/m0../s1. The van der Waals surface area contributed by atoms with Crippen LogP contribution >= 0.6 is 24.8 Å². The molecule has 7 nitrogen and oxygen atoms in total. The molecule has 0 spiro atoms. The second kappa shape index (κ2) is 11.6. The van der Waals surface area contributed by atoms with Crippen LogP contribution in [0.4, 0.5) is 0 Å². The number of carbonyl (C=O) groups is 2. The summed E-state index contributed by atoms with van der Waals surface area (Å²) in [5.41, 5.74) is 0.366. The van der Waals surface area contributed by atoms with Gasteiger partial charge in [0.25, 0.3) is 0 Å². The molecule has 2 aliphatic rings. The van der Waals surface area contributed by atoms with Crippen molar-refractivity contribution in [1.82, 2.24) is 14.9 Å². The van der Waals surface area contributed by atoms with Crippen LogP contribution in [0.1, 0.15) is 50.0 Å². The fourth-order valence-electron chi connectivity index (χ4n) is 4.32. The first-order valence-corrected chi connectivity index (χ1v) is 9.69. The summed E-state index contributed by atoms with van der Waals surface area (Å²) in [6.07, 6.45) is 7.79. The number of piperidine rings is 1. The van der Waals surface area contributed by atoms with Crippen LogP contribution in [0.3, 0.4) is 0 Å². The molecule has 3 unspecified atom stereocenters. The van der Waals surface area contributed by atoms with Gasteiger partial charge in [0, 0.05) is 12.7 Å². The molecule has 2 fully saturated rings. The van der Waals surface area contributed by atoms with Crippen molar-refractivity contribution < 1.29 is 19.1 Å². The monoisotopic (exact) mass is 435 g/mol. The fourth-order valence-corrected chi connectivity index (χ4v) is 4.32. The van der Waals surface area contributed by atoms with Crippen LogP contribution in [0.15, 0.2) is 12.5 Å². The Hall–Kier alpha value is -1.31. The number of fused-ring (bicyclic) bond motifs is 1. The van der Waals surface area contributed by atoms with Gasteiger partial charge in [-0.05, 0) is 63.8 Å². The molecule has 0 bridgehead atoms. The molecule has 0 radical (unpaired) electrons. The Morgan fingerprint density at radius 2 is 1.89 bits per heavy atom. The van der Waals surface area contributed by atoms with Crippen molar-refractivity contribution in [2.75, 3.05) is 19.8 Å². The first kappa shape index (κ1) is 24.7. The maximum atomic E-state index is 12.0. The van der Waals surface area contributed by atoms with E-state index in [9.17, 15) is 9.59 Å². The zero-order valence-corrected chi connectivity index (χ0v) is 18.1. The van der Waals surface area contributed by atoms with Crippen LogP contribution < -0.4 is 5.32 Å². The number of ether oxygens (including phenoxy) is 2. The van der Waals surface area contributed by atoms with Crippen molar-refractivity contribution in [3.05, 3.63) is 18.2 Å². The van der Waals surface area contributed by atoms with Gasteiger partial charge in [0.1, 0.15) is 6.04 Å². The van der Waals surface area contributed by atoms with E-state index in [2.05, 4.69) is 10.3 Å². The number of halogens is 2. The quantitative estimate of drug-likeness (QED) is 0.691. The van der Waals surface area contributed by atoms with Gasteiger partial charge in [-0.3, -0.25) is 4.79 Å². The van der Waals surface area contributed by atoms with Gasteiger partial charge in [-0.25, -0.2) is 9.78 Å². The minimum absolute atomic E-state index is 0. The van der Waals surface area contributed by atoms with Crippen LogP contribution in [0.5, 0.6) is 0 Å². The minimum Gasteiger partial charge on any atom is -0.465 e. The van der Waals surface area contributed by atoms with Gasteiger partial charge >= 0.3 is 11.9 Å². The lowest BCUT2D eigenvalue weighted by Gasteiger charge is -2.42. The number of carbonyl (C=O) groups excluding carboxylic acids is 2. The van der Waals surface area contributed by atoms with E-state index in [1.807, 2.05) is 11.5 Å². The summed E-state index contributed by atoms with van der Waals surface area (Å²) in [5, 5.41) is 3.35. The summed E-state index contributed by atoms with van der Waals surface area (Å²) in [7, 11) is 0. The third-order valence-corrected chi connectivity index (χ3v) is 5.57. The number of imidazole rings is 1. The Bertz CT molecular complexity index is 640.